The molecule has 0 bridgehead atoms. The third-order valence-corrected chi connectivity index (χ3v) is 3.38. The fraction of sp³-hybridized carbons (Fsp3) is 0.167. The van der Waals surface area contributed by atoms with Crippen LogP contribution < -0.4 is 15.9 Å². The minimum atomic E-state index is -0.519. The summed E-state index contributed by atoms with van der Waals surface area (Å²) in [6.07, 6.45) is 0. The van der Waals surface area contributed by atoms with Crippen molar-refractivity contribution in [2.45, 2.75) is 13.5 Å². The Balaban J connectivity index is 2.10. The molecule has 1 aromatic carbocycles. The lowest BCUT2D eigenvalue weighted by Gasteiger charge is -2.07. The maximum atomic E-state index is 13.5. The lowest BCUT2D eigenvalue weighted by Crippen LogP contribution is -2.23. The summed E-state index contributed by atoms with van der Waals surface area (Å²) in [7, 11) is 0. The summed E-state index contributed by atoms with van der Waals surface area (Å²) in [6, 6.07) is 2.56. The smallest absolute Gasteiger partial charge is 0.304 e. The highest BCUT2D eigenvalue weighted by Crippen LogP contribution is 2.17. The molecule has 0 aliphatic heterocycles. The number of halogens is 1. The zero-order valence-corrected chi connectivity index (χ0v) is 10.9. The van der Waals surface area contributed by atoms with Gasteiger partial charge < -0.3 is 16.0 Å². The fourth-order valence-electron chi connectivity index (χ4n) is 1.51. The molecule has 7 heteroatoms. The molecular weight excluding hydrogens is 269 g/mol. The number of hydrogen-bond acceptors (Lipinski definition) is 4. The Morgan fingerprint density at radius 3 is 2.84 bits per heavy atom. The molecule has 2 aromatic rings. The predicted molar refractivity (Wildman–Crippen MR) is 71.7 cm³/mol. The van der Waals surface area contributed by atoms with Crippen molar-refractivity contribution < 1.29 is 9.18 Å². The molecule has 5 nitrogen and oxygen atoms in total. The number of amides is 1. The van der Waals surface area contributed by atoms with E-state index in [1.54, 1.807) is 12.3 Å². The number of nitrogens with one attached hydrogen (secondary N) is 2. The maximum absolute atomic E-state index is 13.5. The second kappa shape index (κ2) is 5.23. The normalized spacial score (nSPS) is 10.4. The van der Waals surface area contributed by atoms with E-state index < -0.39 is 11.7 Å². The van der Waals surface area contributed by atoms with Gasteiger partial charge in [0.05, 0.1) is 6.54 Å². The van der Waals surface area contributed by atoms with Gasteiger partial charge in [-0.25, -0.2) is 4.39 Å². The first kappa shape index (κ1) is 13.3. The molecule has 4 N–H and O–H groups in total. The molecule has 100 valence electrons. The molecule has 1 heterocycles. The fourth-order valence-corrected chi connectivity index (χ4v) is 2.09. The highest BCUT2D eigenvalue weighted by molar-refractivity contribution is 7.07. The van der Waals surface area contributed by atoms with Gasteiger partial charge in [-0.3, -0.25) is 9.59 Å². The van der Waals surface area contributed by atoms with Crippen molar-refractivity contribution in [3.63, 3.8) is 0 Å². The van der Waals surface area contributed by atoms with Gasteiger partial charge in [-0.15, -0.1) is 0 Å². The van der Waals surface area contributed by atoms with Crippen LogP contribution >= 0.6 is 11.3 Å². The van der Waals surface area contributed by atoms with Gasteiger partial charge in [0, 0.05) is 27.9 Å². The largest absolute Gasteiger partial charge is 0.398 e. The third kappa shape index (κ3) is 3.00. The van der Waals surface area contributed by atoms with Crippen molar-refractivity contribution in [1.29, 1.82) is 0 Å². The highest BCUT2D eigenvalue weighted by atomic mass is 32.1. The standard InChI is InChI=1S/C12H12FN3O2S/c1-6-9(13)2-7(3-10(6)14)11(17)15-4-8-5-19-12(18)16-8/h2-3,5H,4,14H2,1H3,(H,15,17)(H,16,18). The maximum Gasteiger partial charge on any atom is 0.304 e. The number of H-pyrrole nitrogens is 1. The first-order valence-electron chi connectivity index (χ1n) is 5.48. The van der Waals surface area contributed by atoms with Crippen LogP contribution in [0.25, 0.3) is 0 Å². The van der Waals surface area contributed by atoms with E-state index in [1.165, 1.54) is 6.07 Å². The molecule has 1 amide bonds. The second-order valence-electron chi connectivity index (χ2n) is 4.03. The molecule has 0 atom stereocenters. The zero-order chi connectivity index (χ0) is 14.0. The second-order valence-corrected chi connectivity index (χ2v) is 4.87. The van der Waals surface area contributed by atoms with Crippen LogP contribution in [0.5, 0.6) is 0 Å². The summed E-state index contributed by atoms with van der Waals surface area (Å²) in [5.74, 6) is -0.966. The van der Waals surface area contributed by atoms with Gasteiger partial charge in [0.25, 0.3) is 5.91 Å². The number of aromatic nitrogens is 1. The molecule has 0 radical (unpaired) electrons. The summed E-state index contributed by atoms with van der Waals surface area (Å²) >= 11 is 1.02. The van der Waals surface area contributed by atoms with Crippen LogP contribution in [-0.2, 0) is 6.54 Å². The van der Waals surface area contributed by atoms with Crippen molar-refractivity contribution in [3.05, 3.63) is 49.8 Å². The average molecular weight is 281 g/mol. The molecule has 0 unspecified atom stereocenters. The van der Waals surface area contributed by atoms with Crippen LogP contribution in [0.4, 0.5) is 10.1 Å². The van der Waals surface area contributed by atoms with Crippen LogP contribution in [0, 0.1) is 12.7 Å². The lowest BCUT2D eigenvalue weighted by molar-refractivity contribution is 0.0950. The summed E-state index contributed by atoms with van der Waals surface area (Å²) in [6.45, 7) is 1.72. The molecule has 0 aliphatic carbocycles. The molecule has 0 fully saturated rings. The number of rotatable bonds is 3. The Bertz CT molecular complexity index is 655. The van der Waals surface area contributed by atoms with Crippen LogP contribution in [0.3, 0.4) is 0 Å². The number of hydrogen-bond donors (Lipinski definition) is 3. The molecular formula is C12H12FN3O2S. The van der Waals surface area contributed by atoms with Gasteiger partial charge in [0.1, 0.15) is 5.82 Å². The SMILES string of the molecule is Cc1c(N)cc(C(=O)NCc2csc(=O)[nH]2)cc1F. The van der Waals surface area contributed by atoms with Crippen LogP contribution in [0.2, 0.25) is 0 Å². The van der Waals surface area contributed by atoms with E-state index in [4.69, 9.17) is 5.73 Å². The molecule has 19 heavy (non-hydrogen) atoms. The monoisotopic (exact) mass is 281 g/mol. The van der Waals surface area contributed by atoms with Crippen molar-refractivity contribution >= 4 is 22.9 Å². The van der Waals surface area contributed by atoms with Crippen molar-refractivity contribution in [1.82, 2.24) is 10.3 Å². The summed E-state index contributed by atoms with van der Waals surface area (Å²) < 4.78 is 13.5. The lowest BCUT2D eigenvalue weighted by atomic mass is 10.1. The number of benzene rings is 1. The third-order valence-electron chi connectivity index (χ3n) is 2.66. The zero-order valence-electron chi connectivity index (χ0n) is 10.1. The molecule has 2 rings (SSSR count). The van der Waals surface area contributed by atoms with Crippen molar-refractivity contribution in [2.75, 3.05) is 5.73 Å². The van der Waals surface area contributed by atoms with E-state index in [9.17, 15) is 14.0 Å². The van der Waals surface area contributed by atoms with Crippen LogP contribution in [-0.4, -0.2) is 10.9 Å². The number of nitrogens with two attached hydrogens (primary N) is 1. The molecule has 0 spiro atoms. The van der Waals surface area contributed by atoms with Gasteiger partial charge in [-0.05, 0) is 19.1 Å². The number of carbonyl (C=O) groups excluding carboxylic acids is 1. The summed E-state index contributed by atoms with van der Waals surface area (Å²) in [5.41, 5.74) is 6.90. The van der Waals surface area contributed by atoms with Gasteiger partial charge in [-0.2, -0.15) is 0 Å². The van der Waals surface area contributed by atoms with Gasteiger partial charge in [0.2, 0.25) is 0 Å². The van der Waals surface area contributed by atoms with E-state index in [2.05, 4.69) is 10.3 Å². The van der Waals surface area contributed by atoms with Crippen LogP contribution in [0.1, 0.15) is 21.6 Å². The highest BCUT2D eigenvalue weighted by Gasteiger charge is 2.11. The number of thiazole rings is 1. The minimum absolute atomic E-state index is 0.151. The number of carbonyl (C=O) groups is 1. The molecule has 0 saturated carbocycles. The van der Waals surface area contributed by atoms with E-state index in [1.807, 2.05) is 0 Å². The number of anilines is 1. The summed E-state index contributed by atoms with van der Waals surface area (Å²) in [4.78, 5) is 25.1. The van der Waals surface area contributed by atoms with E-state index in [0.717, 1.165) is 17.4 Å². The predicted octanol–water partition coefficient (Wildman–Crippen LogP) is 1.40. The molecule has 1 aromatic heterocycles. The molecule has 0 saturated heterocycles. The number of aromatic amines is 1. The minimum Gasteiger partial charge on any atom is -0.398 e. The first-order chi connectivity index (χ1) is 8.97. The Labute approximate surface area is 112 Å². The van der Waals surface area contributed by atoms with E-state index >= 15 is 0 Å². The average Bonchev–Trinajstić information content (AvgIpc) is 2.78. The van der Waals surface area contributed by atoms with Crippen molar-refractivity contribution in [2.24, 2.45) is 0 Å². The van der Waals surface area contributed by atoms with Gasteiger partial charge in [0.15, 0.2) is 0 Å². The summed E-state index contributed by atoms with van der Waals surface area (Å²) in [5, 5.41) is 4.20. The quantitative estimate of drug-likeness (QED) is 0.743. The topological polar surface area (TPSA) is 88.0 Å². The Morgan fingerprint density at radius 1 is 1.53 bits per heavy atom. The van der Waals surface area contributed by atoms with Crippen LogP contribution in [0.15, 0.2) is 22.3 Å². The van der Waals surface area contributed by atoms with E-state index in [0.29, 0.717) is 11.3 Å². The van der Waals surface area contributed by atoms with E-state index in [-0.39, 0.29) is 22.7 Å². The Hall–Kier alpha value is -2.15. The Morgan fingerprint density at radius 2 is 2.26 bits per heavy atom. The number of nitrogen functional groups attached to an aromatic ring is 1. The first-order valence-corrected chi connectivity index (χ1v) is 6.36. The Kier molecular flexibility index (Phi) is 3.66. The van der Waals surface area contributed by atoms with Crippen molar-refractivity contribution in [3.8, 4) is 0 Å². The van der Waals surface area contributed by atoms with Gasteiger partial charge in [-0.1, -0.05) is 11.3 Å². The molecule has 0 aliphatic rings. The van der Waals surface area contributed by atoms with Gasteiger partial charge >= 0.3 is 4.87 Å².